The average Bonchev–Trinajstić information content (AvgIpc) is 3.35. The van der Waals surface area contributed by atoms with E-state index in [4.69, 9.17) is 21.7 Å². The lowest BCUT2D eigenvalue weighted by Gasteiger charge is -2.23. The largest absolute Gasteiger partial charge is 0.481 e. The van der Waals surface area contributed by atoms with Crippen molar-refractivity contribution in [2.45, 2.75) is 63.3 Å². The Morgan fingerprint density at radius 2 is 1.52 bits per heavy atom. The lowest BCUT2D eigenvalue weighted by Crippen LogP contribution is -2.55. The number of carboxylic acid groups (broad SMARTS) is 2. The molecule has 11 N–H and O–H groups in total. The Kier molecular flexibility index (Phi) is 12.6. The molecule has 0 spiro atoms. The number of aromatic nitrogens is 3. The van der Waals surface area contributed by atoms with E-state index >= 15 is 0 Å². The standard InChI is InChI=1S/C22H33N11O9/c23-22(24)25-5-1-2-12-19(40)27-8-15(34)29-14(6-18(38)39)20(41)26-7-11-9-33(32-31-11)10-16(35)28-13(21(42)30-12)3-4-17(36)37/h9,12-14H,1-8,10H2,(H,26,41)(H,27,40)(H,28,35)(H,29,34)(H,30,42)(H,36,37)(H,38,39)(H4,23,24,25)/t12-,13+,14-/m1/s1. The van der Waals surface area contributed by atoms with Crippen LogP contribution in [0.1, 0.15) is 37.8 Å². The van der Waals surface area contributed by atoms with E-state index in [0.29, 0.717) is 0 Å². The van der Waals surface area contributed by atoms with Gasteiger partial charge in [-0.25, -0.2) is 4.68 Å². The summed E-state index contributed by atoms with van der Waals surface area (Å²) in [6, 6.07) is -4.13. The zero-order valence-electron chi connectivity index (χ0n) is 22.4. The van der Waals surface area contributed by atoms with Crippen LogP contribution < -0.4 is 38.1 Å². The second-order valence-electron chi connectivity index (χ2n) is 9.12. The van der Waals surface area contributed by atoms with Crippen LogP contribution in [0.25, 0.3) is 0 Å². The van der Waals surface area contributed by atoms with Crippen LogP contribution in [0.2, 0.25) is 0 Å². The quantitative estimate of drug-likeness (QED) is 0.0733. The molecule has 2 heterocycles. The maximum absolute atomic E-state index is 13.1. The third kappa shape index (κ3) is 11.8. The lowest BCUT2D eigenvalue weighted by molar-refractivity contribution is -0.141. The number of guanidine groups is 1. The Bertz CT molecular complexity index is 1210. The van der Waals surface area contributed by atoms with E-state index in [1.54, 1.807) is 0 Å². The van der Waals surface area contributed by atoms with Crippen molar-refractivity contribution in [3.63, 3.8) is 0 Å². The molecular weight excluding hydrogens is 562 g/mol. The number of fused-ring (bicyclic) bond motifs is 2. The van der Waals surface area contributed by atoms with Crippen molar-refractivity contribution in [1.29, 1.82) is 0 Å². The van der Waals surface area contributed by atoms with Crippen molar-refractivity contribution in [1.82, 2.24) is 41.6 Å². The minimum atomic E-state index is -1.50. The number of carboxylic acids is 2. The summed E-state index contributed by atoms with van der Waals surface area (Å²) in [7, 11) is 0. The highest BCUT2D eigenvalue weighted by molar-refractivity contribution is 5.95. The van der Waals surface area contributed by atoms with Gasteiger partial charge >= 0.3 is 11.9 Å². The first-order valence-corrected chi connectivity index (χ1v) is 12.7. The molecule has 0 saturated carbocycles. The number of hydrogen-bond donors (Lipinski definition) is 9. The molecule has 230 valence electrons. The summed E-state index contributed by atoms with van der Waals surface area (Å²) in [5.74, 6) is -6.99. The number of aliphatic imine (C=N–C) groups is 1. The predicted octanol–water partition coefficient (Wildman–Crippen LogP) is -5.13. The Morgan fingerprint density at radius 3 is 2.19 bits per heavy atom. The second-order valence-corrected chi connectivity index (χ2v) is 9.12. The van der Waals surface area contributed by atoms with E-state index in [1.165, 1.54) is 6.20 Å². The van der Waals surface area contributed by atoms with Gasteiger partial charge in [-0.15, -0.1) is 5.10 Å². The third-order valence-corrected chi connectivity index (χ3v) is 5.67. The predicted molar refractivity (Wildman–Crippen MR) is 140 cm³/mol. The molecule has 0 radical (unpaired) electrons. The summed E-state index contributed by atoms with van der Waals surface area (Å²) in [6.45, 7) is -1.25. The molecule has 1 aromatic heterocycles. The first kappa shape index (κ1) is 32.9. The molecule has 0 aliphatic carbocycles. The number of nitrogens with zero attached hydrogens (tertiary/aromatic N) is 4. The van der Waals surface area contributed by atoms with E-state index < -0.39 is 85.5 Å². The topological polar surface area (TPSA) is 315 Å². The maximum Gasteiger partial charge on any atom is 0.305 e. The van der Waals surface area contributed by atoms with Gasteiger partial charge in [0.1, 0.15) is 30.4 Å². The minimum Gasteiger partial charge on any atom is -0.481 e. The summed E-state index contributed by atoms with van der Waals surface area (Å²) in [6.07, 6.45) is -0.0762. The Balaban J connectivity index is 2.33. The summed E-state index contributed by atoms with van der Waals surface area (Å²) < 4.78 is 1.09. The van der Waals surface area contributed by atoms with Crippen molar-refractivity contribution < 1.29 is 43.8 Å². The summed E-state index contributed by atoms with van der Waals surface area (Å²) in [5.41, 5.74) is 10.8. The van der Waals surface area contributed by atoms with Crippen molar-refractivity contribution in [3.8, 4) is 0 Å². The minimum absolute atomic E-state index is 0.0264. The highest BCUT2D eigenvalue weighted by Crippen LogP contribution is 2.05. The van der Waals surface area contributed by atoms with Gasteiger partial charge in [0.05, 0.1) is 25.7 Å². The van der Waals surface area contributed by atoms with Crippen LogP contribution >= 0.6 is 0 Å². The van der Waals surface area contributed by atoms with E-state index in [2.05, 4.69) is 41.9 Å². The molecule has 20 heteroatoms. The number of amides is 5. The molecule has 0 saturated heterocycles. The van der Waals surface area contributed by atoms with Crippen molar-refractivity contribution in [2.75, 3.05) is 13.1 Å². The third-order valence-electron chi connectivity index (χ3n) is 5.67. The molecular formula is C22H33N11O9. The van der Waals surface area contributed by atoms with Crippen molar-refractivity contribution >= 4 is 47.4 Å². The number of rotatable bonds is 9. The first-order valence-electron chi connectivity index (χ1n) is 12.7. The molecule has 3 atom stereocenters. The Labute approximate surface area is 238 Å². The van der Waals surface area contributed by atoms with Crippen LogP contribution in [-0.4, -0.2) is 104 Å². The smallest absolute Gasteiger partial charge is 0.305 e. The Morgan fingerprint density at radius 1 is 0.881 bits per heavy atom. The molecule has 2 rings (SSSR count). The van der Waals surface area contributed by atoms with Gasteiger partial charge in [-0.1, -0.05) is 5.21 Å². The van der Waals surface area contributed by atoms with Crippen molar-refractivity contribution in [3.05, 3.63) is 11.9 Å². The molecule has 0 unspecified atom stereocenters. The van der Waals surface area contributed by atoms with E-state index in [-0.39, 0.29) is 44.0 Å². The molecule has 5 amide bonds. The second kappa shape index (κ2) is 16.1. The van der Waals surface area contributed by atoms with Gasteiger partial charge in [0.15, 0.2) is 5.96 Å². The van der Waals surface area contributed by atoms with Gasteiger partial charge in [0.25, 0.3) is 0 Å². The number of nitrogens with one attached hydrogen (secondary N) is 5. The number of hydrogen-bond acceptors (Lipinski definition) is 10. The monoisotopic (exact) mass is 595 g/mol. The normalized spacial score (nSPS) is 20.8. The lowest BCUT2D eigenvalue weighted by atomic mass is 10.1. The molecule has 20 nitrogen and oxygen atoms in total. The van der Waals surface area contributed by atoms with Gasteiger partial charge in [0, 0.05) is 13.0 Å². The Hall–Kier alpha value is -5.30. The van der Waals surface area contributed by atoms with Crippen LogP contribution in [0.5, 0.6) is 0 Å². The number of carbonyl (C=O) groups excluding carboxylic acids is 5. The van der Waals surface area contributed by atoms with E-state index in [0.717, 1.165) is 4.68 Å². The fraction of sp³-hybridized carbons (Fsp3) is 0.545. The van der Waals surface area contributed by atoms with Crippen molar-refractivity contribution in [2.24, 2.45) is 16.5 Å². The van der Waals surface area contributed by atoms with Crippen LogP contribution in [-0.2, 0) is 46.7 Å². The van der Waals surface area contributed by atoms with Crippen LogP contribution in [0, 0.1) is 0 Å². The van der Waals surface area contributed by atoms with Crippen LogP contribution in [0.3, 0.4) is 0 Å². The van der Waals surface area contributed by atoms with Crippen LogP contribution in [0.4, 0.5) is 0 Å². The molecule has 0 fully saturated rings. The summed E-state index contributed by atoms with van der Waals surface area (Å²) in [5, 5.41) is 37.6. The first-order chi connectivity index (χ1) is 19.8. The van der Waals surface area contributed by atoms with Crippen LogP contribution in [0.15, 0.2) is 11.2 Å². The molecule has 0 aromatic carbocycles. The van der Waals surface area contributed by atoms with Gasteiger partial charge in [-0.05, 0) is 19.3 Å². The number of nitrogens with two attached hydrogens (primary N) is 2. The van der Waals surface area contributed by atoms with E-state index in [9.17, 15) is 33.6 Å². The van der Waals surface area contributed by atoms with Gasteiger partial charge in [-0.3, -0.25) is 38.6 Å². The fourth-order valence-electron chi connectivity index (χ4n) is 3.69. The molecule has 1 aliphatic rings. The van der Waals surface area contributed by atoms with Gasteiger partial charge in [0.2, 0.25) is 29.5 Å². The molecule has 1 aromatic rings. The zero-order chi connectivity index (χ0) is 31.2. The number of aliphatic carboxylic acids is 2. The summed E-state index contributed by atoms with van der Waals surface area (Å²) in [4.78, 5) is 90.0. The van der Waals surface area contributed by atoms with Gasteiger partial charge < -0.3 is 48.3 Å². The highest BCUT2D eigenvalue weighted by Gasteiger charge is 2.29. The molecule has 1 aliphatic heterocycles. The molecule has 42 heavy (non-hydrogen) atoms. The average molecular weight is 596 g/mol. The number of carbonyl (C=O) groups is 7. The molecule has 2 bridgehead atoms. The fourth-order valence-corrected chi connectivity index (χ4v) is 3.69. The SMILES string of the molecule is NC(N)=NCCC[C@H]1NC(=O)[C@H](CCC(=O)O)NC(=O)Cn2cc(nn2)CNC(=O)[C@@H](CC(=O)O)NC(=O)CNC1=O. The van der Waals surface area contributed by atoms with Gasteiger partial charge in [-0.2, -0.15) is 0 Å². The zero-order valence-corrected chi connectivity index (χ0v) is 22.4. The highest BCUT2D eigenvalue weighted by atomic mass is 16.4. The van der Waals surface area contributed by atoms with E-state index in [1.807, 2.05) is 0 Å². The summed E-state index contributed by atoms with van der Waals surface area (Å²) >= 11 is 0. The maximum atomic E-state index is 13.1.